The highest BCUT2D eigenvalue weighted by Crippen LogP contribution is 2.36. The maximum absolute atomic E-state index is 6.21. The van der Waals surface area contributed by atoms with E-state index in [0.717, 1.165) is 31.2 Å². The molecular weight excluding hydrogens is 256 g/mol. The SMILES string of the molecule is CCC1CN(C2(CN)CCOC(C(C)C)C2)CCS1. The predicted octanol–water partition coefficient (Wildman–Crippen LogP) is 2.35. The molecule has 0 spiro atoms. The van der Waals surface area contributed by atoms with E-state index in [0.29, 0.717) is 12.0 Å². The molecule has 19 heavy (non-hydrogen) atoms. The van der Waals surface area contributed by atoms with Crippen LogP contribution < -0.4 is 5.73 Å². The Balaban J connectivity index is 2.08. The third-order valence-corrected chi connectivity index (χ3v) is 6.24. The minimum Gasteiger partial charge on any atom is -0.378 e. The van der Waals surface area contributed by atoms with Crippen molar-refractivity contribution in [3.8, 4) is 0 Å². The molecule has 3 atom stereocenters. The van der Waals surface area contributed by atoms with E-state index >= 15 is 0 Å². The Morgan fingerprint density at radius 1 is 1.47 bits per heavy atom. The Morgan fingerprint density at radius 2 is 2.26 bits per heavy atom. The summed E-state index contributed by atoms with van der Waals surface area (Å²) >= 11 is 2.13. The zero-order valence-corrected chi connectivity index (χ0v) is 13.5. The first-order valence-corrected chi connectivity index (χ1v) is 8.84. The number of nitrogens with zero attached hydrogens (tertiary/aromatic N) is 1. The van der Waals surface area contributed by atoms with E-state index in [1.165, 1.54) is 25.3 Å². The predicted molar refractivity (Wildman–Crippen MR) is 83.7 cm³/mol. The Morgan fingerprint density at radius 3 is 2.89 bits per heavy atom. The number of ether oxygens (including phenoxy) is 1. The van der Waals surface area contributed by atoms with E-state index in [2.05, 4.69) is 37.4 Å². The molecule has 0 aromatic rings. The van der Waals surface area contributed by atoms with Gasteiger partial charge in [-0.25, -0.2) is 0 Å². The van der Waals surface area contributed by atoms with Crippen molar-refractivity contribution >= 4 is 11.8 Å². The van der Waals surface area contributed by atoms with Crippen LogP contribution in [0.3, 0.4) is 0 Å². The van der Waals surface area contributed by atoms with Crippen LogP contribution in [-0.2, 0) is 4.74 Å². The van der Waals surface area contributed by atoms with Gasteiger partial charge >= 0.3 is 0 Å². The van der Waals surface area contributed by atoms with Crippen molar-refractivity contribution < 1.29 is 4.74 Å². The van der Waals surface area contributed by atoms with Crippen molar-refractivity contribution in [2.75, 3.05) is 32.0 Å². The number of thioether (sulfide) groups is 1. The summed E-state index contributed by atoms with van der Waals surface area (Å²) in [6, 6.07) is 0. The molecule has 2 aliphatic heterocycles. The fourth-order valence-corrected chi connectivity index (χ4v) is 4.54. The molecule has 2 fully saturated rings. The smallest absolute Gasteiger partial charge is 0.0616 e. The van der Waals surface area contributed by atoms with Gasteiger partial charge in [0.25, 0.3) is 0 Å². The number of nitrogens with two attached hydrogens (primary N) is 1. The minimum absolute atomic E-state index is 0.196. The maximum Gasteiger partial charge on any atom is 0.0616 e. The van der Waals surface area contributed by atoms with Crippen LogP contribution in [0.5, 0.6) is 0 Å². The molecule has 112 valence electrons. The molecule has 0 radical (unpaired) electrons. The molecule has 2 aliphatic rings. The highest BCUT2D eigenvalue weighted by atomic mass is 32.2. The highest BCUT2D eigenvalue weighted by molar-refractivity contribution is 8.00. The number of rotatable bonds is 4. The van der Waals surface area contributed by atoms with Gasteiger partial charge in [0.1, 0.15) is 0 Å². The Bertz CT molecular complexity index is 287. The number of hydrogen-bond donors (Lipinski definition) is 1. The Hall–Kier alpha value is 0.230. The molecule has 0 saturated carbocycles. The molecule has 2 saturated heterocycles. The van der Waals surface area contributed by atoms with E-state index in [9.17, 15) is 0 Å². The van der Waals surface area contributed by atoms with Crippen LogP contribution in [0.25, 0.3) is 0 Å². The van der Waals surface area contributed by atoms with Crippen molar-refractivity contribution in [2.24, 2.45) is 11.7 Å². The molecule has 0 aromatic heterocycles. The van der Waals surface area contributed by atoms with Gasteiger partial charge in [-0.3, -0.25) is 4.90 Å². The molecule has 3 unspecified atom stereocenters. The second-order valence-corrected chi connectivity index (χ2v) is 7.79. The van der Waals surface area contributed by atoms with Crippen LogP contribution in [-0.4, -0.2) is 53.8 Å². The van der Waals surface area contributed by atoms with Gasteiger partial charge in [-0.2, -0.15) is 11.8 Å². The standard InChI is InChI=1S/C15H30N2OS/c1-4-13-10-17(6-8-19-13)15(11-16)5-7-18-14(9-15)12(2)3/h12-14H,4-11,16H2,1-3H3. The van der Waals surface area contributed by atoms with Gasteiger partial charge in [-0.05, 0) is 25.2 Å². The van der Waals surface area contributed by atoms with Gasteiger partial charge in [-0.1, -0.05) is 20.8 Å². The monoisotopic (exact) mass is 286 g/mol. The third kappa shape index (κ3) is 3.46. The lowest BCUT2D eigenvalue weighted by Crippen LogP contribution is -2.61. The van der Waals surface area contributed by atoms with Crippen molar-refractivity contribution in [2.45, 2.75) is 56.9 Å². The molecular formula is C15H30N2OS. The maximum atomic E-state index is 6.21. The van der Waals surface area contributed by atoms with Crippen molar-refractivity contribution in [1.82, 2.24) is 4.90 Å². The summed E-state index contributed by atoms with van der Waals surface area (Å²) in [4.78, 5) is 2.69. The second kappa shape index (κ2) is 6.79. The van der Waals surface area contributed by atoms with Gasteiger partial charge in [0, 0.05) is 42.8 Å². The summed E-state index contributed by atoms with van der Waals surface area (Å²) in [5, 5.41) is 0.789. The average molecular weight is 286 g/mol. The molecule has 2 rings (SSSR count). The fraction of sp³-hybridized carbons (Fsp3) is 1.00. The van der Waals surface area contributed by atoms with Gasteiger partial charge in [-0.15, -0.1) is 0 Å². The summed E-state index contributed by atoms with van der Waals surface area (Å²) in [7, 11) is 0. The third-order valence-electron chi connectivity index (χ3n) is 4.87. The zero-order chi connectivity index (χ0) is 13.9. The van der Waals surface area contributed by atoms with Crippen LogP contribution in [0.1, 0.15) is 40.0 Å². The van der Waals surface area contributed by atoms with Crippen LogP contribution >= 0.6 is 11.8 Å². The van der Waals surface area contributed by atoms with Crippen molar-refractivity contribution in [3.63, 3.8) is 0 Å². The fourth-order valence-electron chi connectivity index (χ4n) is 3.36. The van der Waals surface area contributed by atoms with Crippen LogP contribution in [0.4, 0.5) is 0 Å². The average Bonchev–Trinajstić information content (AvgIpc) is 2.47. The lowest BCUT2D eigenvalue weighted by molar-refractivity contribution is -0.0868. The zero-order valence-electron chi connectivity index (χ0n) is 12.7. The molecule has 0 aliphatic carbocycles. The van der Waals surface area contributed by atoms with Crippen LogP contribution in [0.2, 0.25) is 0 Å². The normalized spacial score (nSPS) is 37.7. The molecule has 4 heteroatoms. The van der Waals surface area contributed by atoms with Gasteiger partial charge in [0.05, 0.1) is 6.10 Å². The minimum atomic E-state index is 0.196. The molecule has 0 amide bonds. The summed E-state index contributed by atoms with van der Waals surface area (Å²) in [5.41, 5.74) is 6.41. The summed E-state index contributed by atoms with van der Waals surface area (Å²) < 4.78 is 5.95. The van der Waals surface area contributed by atoms with E-state index in [-0.39, 0.29) is 5.54 Å². The van der Waals surface area contributed by atoms with Crippen LogP contribution in [0, 0.1) is 5.92 Å². The molecule has 0 aromatic carbocycles. The Labute approximate surface area is 122 Å². The van der Waals surface area contributed by atoms with E-state index in [1.807, 2.05) is 0 Å². The summed E-state index contributed by atoms with van der Waals surface area (Å²) in [6.45, 7) is 10.9. The van der Waals surface area contributed by atoms with Crippen LogP contribution in [0.15, 0.2) is 0 Å². The quantitative estimate of drug-likeness (QED) is 0.861. The van der Waals surface area contributed by atoms with E-state index in [4.69, 9.17) is 10.5 Å². The molecule has 3 nitrogen and oxygen atoms in total. The Kier molecular flexibility index (Phi) is 5.58. The van der Waals surface area contributed by atoms with Gasteiger partial charge in [0.2, 0.25) is 0 Å². The van der Waals surface area contributed by atoms with Gasteiger partial charge < -0.3 is 10.5 Å². The topological polar surface area (TPSA) is 38.5 Å². The second-order valence-electron chi connectivity index (χ2n) is 6.38. The lowest BCUT2D eigenvalue weighted by Gasteiger charge is -2.51. The van der Waals surface area contributed by atoms with E-state index < -0.39 is 0 Å². The molecule has 0 bridgehead atoms. The lowest BCUT2D eigenvalue weighted by atomic mass is 9.81. The first-order chi connectivity index (χ1) is 9.11. The molecule has 2 N–H and O–H groups in total. The van der Waals surface area contributed by atoms with Crippen molar-refractivity contribution in [3.05, 3.63) is 0 Å². The molecule has 2 heterocycles. The summed E-state index contributed by atoms with van der Waals surface area (Å²) in [6.07, 6.45) is 3.87. The van der Waals surface area contributed by atoms with Gasteiger partial charge in [0.15, 0.2) is 0 Å². The van der Waals surface area contributed by atoms with E-state index in [1.54, 1.807) is 0 Å². The van der Waals surface area contributed by atoms with Crippen molar-refractivity contribution in [1.29, 1.82) is 0 Å². The first-order valence-electron chi connectivity index (χ1n) is 7.79. The number of hydrogen-bond acceptors (Lipinski definition) is 4. The summed E-state index contributed by atoms with van der Waals surface area (Å²) in [5.74, 6) is 1.85. The first kappa shape index (κ1) is 15.6. The highest BCUT2D eigenvalue weighted by Gasteiger charge is 2.42. The largest absolute Gasteiger partial charge is 0.378 e.